The Bertz CT molecular complexity index is 867. The number of hydrogen-bond acceptors (Lipinski definition) is 3. The second-order valence-corrected chi connectivity index (χ2v) is 6.94. The van der Waals surface area contributed by atoms with Gasteiger partial charge in [-0.2, -0.15) is 0 Å². The van der Waals surface area contributed by atoms with Gasteiger partial charge in [0.25, 0.3) is 0 Å². The highest BCUT2D eigenvalue weighted by atomic mass is 16.5. The van der Waals surface area contributed by atoms with E-state index in [-0.39, 0.29) is 18.0 Å². The van der Waals surface area contributed by atoms with E-state index in [2.05, 4.69) is 11.4 Å². The van der Waals surface area contributed by atoms with Crippen molar-refractivity contribution in [2.75, 3.05) is 30.0 Å². The summed E-state index contributed by atoms with van der Waals surface area (Å²) in [5.74, 6) is 0.713. The van der Waals surface area contributed by atoms with Crippen molar-refractivity contribution in [1.29, 1.82) is 0 Å². The standard InChI is InChI=1S/C21H23N3O3/c1-27-18-9-4-8-17(13-18)24-14-16(12-20(24)25)22-21(26)23-11-5-7-15-6-2-3-10-19(15)23/h2-4,6,8-10,13,16H,5,7,11-12,14H2,1H3,(H,22,26). The Morgan fingerprint density at radius 3 is 2.89 bits per heavy atom. The first kappa shape index (κ1) is 17.4. The monoisotopic (exact) mass is 365 g/mol. The number of carbonyl (C=O) groups excluding carboxylic acids is 2. The lowest BCUT2D eigenvalue weighted by molar-refractivity contribution is -0.117. The molecule has 1 unspecified atom stereocenters. The number of amides is 3. The number of rotatable bonds is 3. The van der Waals surface area contributed by atoms with Crippen LogP contribution in [0.15, 0.2) is 48.5 Å². The third-order valence-electron chi connectivity index (χ3n) is 5.17. The van der Waals surface area contributed by atoms with Crippen molar-refractivity contribution in [3.8, 4) is 5.75 Å². The highest BCUT2D eigenvalue weighted by molar-refractivity contribution is 5.98. The van der Waals surface area contributed by atoms with Crippen molar-refractivity contribution < 1.29 is 14.3 Å². The van der Waals surface area contributed by atoms with E-state index in [1.807, 2.05) is 42.5 Å². The highest BCUT2D eigenvalue weighted by Gasteiger charge is 2.33. The summed E-state index contributed by atoms with van der Waals surface area (Å²) in [5.41, 5.74) is 2.95. The van der Waals surface area contributed by atoms with Gasteiger partial charge in [-0.05, 0) is 36.6 Å². The third-order valence-corrected chi connectivity index (χ3v) is 5.17. The zero-order chi connectivity index (χ0) is 18.8. The lowest BCUT2D eigenvalue weighted by atomic mass is 10.0. The van der Waals surface area contributed by atoms with E-state index in [9.17, 15) is 9.59 Å². The molecule has 2 aliphatic rings. The summed E-state index contributed by atoms with van der Waals surface area (Å²) in [7, 11) is 1.60. The number of aryl methyl sites for hydroxylation is 1. The van der Waals surface area contributed by atoms with Gasteiger partial charge < -0.3 is 15.0 Å². The molecule has 0 saturated carbocycles. The normalized spacial score (nSPS) is 19.0. The van der Waals surface area contributed by atoms with Crippen molar-refractivity contribution in [3.63, 3.8) is 0 Å². The van der Waals surface area contributed by atoms with E-state index < -0.39 is 0 Å². The van der Waals surface area contributed by atoms with Crippen LogP contribution in [0.2, 0.25) is 0 Å². The van der Waals surface area contributed by atoms with Gasteiger partial charge in [-0.25, -0.2) is 4.79 Å². The lowest BCUT2D eigenvalue weighted by Gasteiger charge is -2.30. The van der Waals surface area contributed by atoms with Crippen LogP contribution in [0.1, 0.15) is 18.4 Å². The number of nitrogens with zero attached hydrogens (tertiary/aromatic N) is 2. The summed E-state index contributed by atoms with van der Waals surface area (Å²) in [6.07, 6.45) is 2.24. The molecular weight excluding hydrogens is 342 g/mol. The molecule has 27 heavy (non-hydrogen) atoms. The highest BCUT2D eigenvalue weighted by Crippen LogP contribution is 2.28. The van der Waals surface area contributed by atoms with Crippen molar-refractivity contribution in [3.05, 3.63) is 54.1 Å². The molecule has 0 radical (unpaired) electrons. The van der Waals surface area contributed by atoms with Crippen molar-refractivity contribution in [2.45, 2.75) is 25.3 Å². The van der Waals surface area contributed by atoms with Crippen LogP contribution in [0.25, 0.3) is 0 Å². The number of carbonyl (C=O) groups is 2. The number of methoxy groups -OCH3 is 1. The number of benzene rings is 2. The molecule has 3 amide bonds. The number of nitrogens with one attached hydrogen (secondary N) is 1. The van der Waals surface area contributed by atoms with E-state index in [0.717, 1.165) is 24.2 Å². The molecule has 140 valence electrons. The molecule has 1 N–H and O–H groups in total. The minimum absolute atomic E-state index is 0.00703. The number of fused-ring (bicyclic) bond motifs is 1. The topological polar surface area (TPSA) is 61.9 Å². The molecule has 0 spiro atoms. The van der Waals surface area contributed by atoms with Crippen LogP contribution in [-0.2, 0) is 11.2 Å². The first-order valence-electron chi connectivity index (χ1n) is 9.26. The zero-order valence-corrected chi connectivity index (χ0v) is 15.4. The van der Waals surface area contributed by atoms with Gasteiger partial charge >= 0.3 is 6.03 Å². The van der Waals surface area contributed by atoms with Crippen LogP contribution < -0.4 is 19.9 Å². The maximum absolute atomic E-state index is 12.8. The summed E-state index contributed by atoms with van der Waals surface area (Å²) < 4.78 is 5.24. The minimum atomic E-state index is -0.203. The first-order chi connectivity index (χ1) is 13.2. The number of anilines is 2. The quantitative estimate of drug-likeness (QED) is 0.910. The third kappa shape index (κ3) is 3.47. The van der Waals surface area contributed by atoms with Crippen LogP contribution in [0, 0.1) is 0 Å². The Hall–Kier alpha value is -3.02. The van der Waals surface area contributed by atoms with Crippen molar-refractivity contribution in [1.82, 2.24) is 5.32 Å². The average Bonchev–Trinajstić information content (AvgIpc) is 3.07. The Balaban J connectivity index is 1.45. The van der Waals surface area contributed by atoms with E-state index in [1.54, 1.807) is 16.9 Å². The molecule has 6 heteroatoms. The lowest BCUT2D eigenvalue weighted by Crippen LogP contribution is -2.47. The number of ether oxygens (including phenoxy) is 1. The minimum Gasteiger partial charge on any atom is -0.497 e. The predicted molar refractivity (Wildman–Crippen MR) is 104 cm³/mol. The molecular formula is C21H23N3O3. The largest absolute Gasteiger partial charge is 0.497 e. The fourth-order valence-corrected chi connectivity index (χ4v) is 3.83. The maximum Gasteiger partial charge on any atom is 0.322 e. The first-order valence-corrected chi connectivity index (χ1v) is 9.26. The van der Waals surface area contributed by atoms with Crippen LogP contribution in [0.3, 0.4) is 0 Å². The number of urea groups is 1. The van der Waals surface area contributed by atoms with Gasteiger partial charge in [0.05, 0.1) is 13.2 Å². The predicted octanol–water partition coefficient (Wildman–Crippen LogP) is 2.96. The second-order valence-electron chi connectivity index (χ2n) is 6.94. The number of para-hydroxylation sites is 1. The summed E-state index contributed by atoms with van der Waals surface area (Å²) in [5, 5.41) is 3.04. The molecule has 2 aromatic carbocycles. The number of hydrogen-bond donors (Lipinski definition) is 1. The summed E-state index contributed by atoms with van der Waals surface area (Å²) in [6, 6.07) is 15.1. The van der Waals surface area contributed by atoms with E-state index >= 15 is 0 Å². The van der Waals surface area contributed by atoms with E-state index in [4.69, 9.17) is 4.74 Å². The van der Waals surface area contributed by atoms with Crippen molar-refractivity contribution in [2.24, 2.45) is 0 Å². The fourth-order valence-electron chi connectivity index (χ4n) is 3.83. The zero-order valence-electron chi connectivity index (χ0n) is 15.4. The Kier molecular flexibility index (Phi) is 4.71. The van der Waals surface area contributed by atoms with E-state index in [1.165, 1.54) is 5.56 Å². The molecule has 1 saturated heterocycles. The Morgan fingerprint density at radius 1 is 1.19 bits per heavy atom. The van der Waals surface area contributed by atoms with Crippen LogP contribution >= 0.6 is 0 Å². The molecule has 1 fully saturated rings. The second kappa shape index (κ2) is 7.31. The molecule has 0 aromatic heterocycles. The molecule has 2 aromatic rings. The van der Waals surface area contributed by atoms with Crippen LogP contribution in [0.4, 0.5) is 16.2 Å². The Morgan fingerprint density at radius 2 is 2.04 bits per heavy atom. The fraction of sp³-hybridized carbons (Fsp3) is 0.333. The van der Waals surface area contributed by atoms with Crippen LogP contribution in [-0.4, -0.2) is 38.2 Å². The van der Waals surface area contributed by atoms with Gasteiger partial charge in [-0.1, -0.05) is 24.3 Å². The van der Waals surface area contributed by atoms with E-state index in [0.29, 0.717) is 25.3 Å². The Labute approximate surface area is 158 Å². The molecule has 0 bridgehead atoms. The molecule has 1 atom stereocenters. The van der Waals surface area contributed by atoms with Gasteiger partial charge in [-0.15, -0.1) is 0 Å². The summed E-state index contributed by atoms with van der Waals surface area (Å²) in [6.45, 7) is 1.16. The van der Waals surface area contributed by atoms with Gasteiger partial charge in [0, 0.05) is 37.0 Å². The molecule has 0 aliphatic carbocycles. The molecule has 2 heterocycles. The molecule has 4 rings (SSSR count). The SMILES string of the molecule is COc1cccc(N2CC(NC(=O)N3CCCc4ccccc43)CC2=O)c1. The molecule has 2 aliphatic heterocycles. The van der Waals surface area contributed by atoms with Crippen molar-refractivity contribution >= 4 is 23.3 Å². The van der Waals surface area contributed by atoms with Gasteiger partial charge in [0.1, 0.15) is 5.75 Å². The smallest absolute Gasteiger partial charge is 0.322 e. The summed E-state index contributed by atoms with van der Waals surface area (Å²) in [4.78, 5) is 28.8. The summed E-state index contributed by atoms with van der Waals surface area (Å²) >= 11 is 0. The van der Waals surface area contributed by atoms with Gasteiger partial charge in [0.15, 0.2) is 0 Å². The van der Waals surface area contributed by atoms with Gasteiger partial charge in [0.2, 0.25) is 5.91 Å². The van der Waals surface area contributed by atoms with Crippen LogP contribution in [0.5, 0.6) is 5.75 Å². The average molecular weight is 365 g/mol. The molecule has 6 nitrogen and oxygen atoms in total. The maximum atomic E-state index is 12.8. The van der Waals surface area contributed by atoms with Gasteiger partial charge in [-0.3, -0.25) is 9.69 Å².